The van der Waals surface area contributed by atoms with Crippen molar-refractivity contribution in [2.45, 2.75) is 39.3 Å². The Morgan fingerprint density at radius 3 is 2.38 bits per heavy atom. The number of amides is 1. The van der Waals surface area contributed by atoms with Gasteiger partial charge >= 0.3 is 0 Å². The number of nitrogens with zero attached hydrogens (tertiary/aromatic N) is 3. The molecule has 0 bridgehead atoms. The largest absolute Gasteiger partial charge is 0.497 e. The minimum atomic E-state index is -0.805. The Balaban J connectivity index is 1.55. The summed E-state index contributed by atoms with van der Waals surface area (Å²) in [6, 6.07) is 11.3. The summed E-state index contributed by atoms with van der Waals surface area (Å²) in [5, 5.41) is 0. The van der Waals surface area contributed by atoms with Crippen LogP contribution in [-0.2, 0) is 19.5 Å². The lowest BCUT2D eigenvalue weighted by atomic mass is 9.98. The SMILES string of the molecule is CCCC(=O)c1cnc(Cc2cc(-c3c(F)cccc3F)nc3c2C(=O)N(Cc2ccc(OC)cc2OC)C3)cc1F. The number of Topliss-reactive ketones (excluding diaryl/α,β-unsaturated/α-hetero) is 1. The van der Waals surface area contributed by atoms with Crippen molar-refractivity contribution in [3.05, 3.63) is 106 Å². The quantitative estimate of drug-likeness (QED) is 0.206. The first-order valence-electron chi connectivity index (χ1n) is 13.4. The van der Waals surface area contributed by atoms with Crippen LogP contribution in [-0.4, -0.2) is 40.8 Å². The Kier molecular flexibility index (Phi) is 8.24. The van der Waals surface area contributed by atoms with Gasteiger partial charge in [0.1, 0.15) is 29.0 Å². The summed E-state index contributed by atoms with van der Waals surface area (Å²) >= 11 is 0. The highest BCUT2D eigenvalue weighted by Crippen LogP contribution is 2.34. The van der Waals surface area contributed by atoms with Crippen molar-refractivity contribution < 1.29 is 32.2 Å². The van der Waals surface area contributed by atoms with Crippen LogP contribution in [0.3, 0.4) is 0 Å². The molecule has 0 N–H and O–H groups in total. The maximum Gasteiger partial charge on any atom is 0.256 e. The summed E-state index contributed by atoms with van der Waals surface area (Å²) in [4.78, 5) is 36.3. The molecule has 42 heavy (non-hydrogen) atoms. The minimum absolute atomic E-state index is 0.00578. The molecule has 1 aliphatic heterocycles. The van der Waals surface area contributed by atoms with Gasteiger partial charge in [-0.05, 0) is 48.4 Å². The van der Waals surface area contributed by atoms with E-state index in [1.807, 2.05) is 6.92 Å². The zero-order valence-electron chi connectivity index (χ0n) is 23.3. The number of fused-ring (bicyclic) bond motifs is 1. The highest BCUT2D eigenvalue weighted by Gasteiger charge is 2.33. The molecule has 1 amide bonds. The van der Waals surface area contributed by atoms with Crippen molar-refractivity contribution in [2.75, 3.05) is 14.2 Å². The van der Waals surface area contributed by atoms with Gasteiger partial charge in [-0.1, -0.05) is 13.0 Å². The molecule has 0 fully saturated rings. The van der Waals surface area contributed by atoms with Crippen LogP contribution in [0.2, 0.25) is 0 Å². The molecular formula is C32H28F3N3O4. The van der Waals surface area contributed by atoms with Crippen LogP contribution < -0.4 is 9.47 Å². The van der Waals surface area contributed by atoms with E-state index in [0.717, 1.165) is 23.8 Å². The van der Waals surface area contributed by atoms with E-state index in [0.29, 0.717) is 29.2 Å². The number of hydrogen-bond donors (Lipinski definition) is 0. The molecule has 4 aromatic rings. The molecule has 0 saturated carbocycles. The normalized spacial score (nSPS) is 12.4. The molecule has 2 aromatic heterocycles. The number of ketones is 1. The Labute approximate surface area is 240 Å². The number of aromatic nitrogens is 2. The fraction of sp³-hybridized carbons (Fsp3) is 0.250. The van der Waals surface area contributed by atoms with Crippen LogP contribution in [0, 0.1) is 17.5 Å². The van der Waals surface area contributed by atoms with Crippen LogP contribution in [0.1, 0.15) is 63.0 Å². The Bertz CT molecular complexity index is 1670. The minimum Gasteiger partial charge on any atom is -0.497 e. The van der Waals surface area contributed by atoms with Gasteiger partial charge in [0.05, 0.1) is 55.4 Å². The standard InChI is InChI=1S/C32H28F3N3O4/c1-4-6-28(39)22-15-36-20(13-25(22)35)11-19-12-26(31-23(33)7-5-8-24(31)34)37-27-17-38(32(40)30(19)27)16-18-9-10-21(41-2)14-29(18)42-3/h5,7-10,12-15H,4,6,11,16-17H2,1-3H3. The highest BCUT2D eigenvalue weighted by atomic mass is 19.1. The summed E-state index contributed by atoms with van der Waals surface area (Å²) in [6.07, 6.45) is 1.92. The van der Waals surface area contributed by atoms with Gasteiger partial charge in [0.25, 0.3) is 5.91 Å². The number of carbonyl (C=O) groups excluding carboxylic acids is 2. The number of pyridine rings is 2. The van der Waals surface area contributed by atoms with Crippen molar-refractivity contribution >= 4 is 11.7 Å². The molecule has 3 heterocycles. The van der Waals surface area contributed by atoms with E-state index in [4.69, 9.17) is 9.47 Å². The molecule has 5 rings (SSSR count). The van der Waals surface area contributed by atoms with Gasteiger partial charge in [-0.3, -0.25) is 14.6 Å². The van der Waals surface area contributed by atoms with E-state index in [1.165, 1.54) is 32.5 Å². The molecule has 0 aliphatic carbocycles. The topological polar surface area (TPSA) is 81.6 Å². The lowest BCUT2D eigenvalue weighted by Crippen LogP contribution is -2.24. The van der Waals surface area contributed by atoms with Gasteiger partial charge in [0.15, 0.2) is 5.78 Å². The first-order valence-corrected chi connectivity index (χ1v) is 13.4. The van der Waals surface area contributed by atoms with Crippen LogP contribution in [0.15, 0.2) is 54.7 Å². The van der Waals surface area contributed by atoms with Gasteiger partial charge in [-0.15, -0.1) is 0 Å². The maximum atomic E-state index is 14.9. The van der Waals surface area contributed by atoms with Crippen LogP contribution in [0.4, 0.5) is 13.2 Å². The zero-order valence-corrected chi connectivity index (χ0v) is 23.3. The summed E-state index contributed by atoms with van der Waals surface area (Å²) in [7, 11) is 3.05. The first kappa shape index (κ1) is 28.8. The fourth-order valence-corrected chi connectivity index (χ4v) is 5.10. The molecule has 10 heteroatoms. The van der Waals surface area contributed by atoms with Crippen LogP contribution in [0.5, 0.6) is 11.5 Å². The molecule has 7 nitrogen and oxygen atoms in total. The van der Waals surface area contributed by atoms with Gasteiger partial charge in [0, 0.05) is 36.4 Å². The Hall–Kier alpha value is -4.73. The van der Waals surface area contributed by atoms with Gasteiger partial charge in [0.2, 0.25) is 0 Å². The number of methoxy groups -OCH3 is 2. The monoisotopic (exact) mass is 575 g/mol. The molecule has 216 valence electrons. The van der Waals surface area contributed by atoms with Gasteiger partial charge < -0.3 is 14.4 Å². The lowest BCUT2D eigenvalue weighted by Gasteiger charge is -2.18. The number of halogens is 3. The van der Waals surface area contributed by atoms with Gasteiger partial charge in [-0.2, -0.15) is 0 Å². The number of ether oxygens (including phenoxy) is 2. The number of carbonyl (C=O) groups is 2. The first-order chi connectivity index (χ1) is 20.2. The van der Waals surface area contributed by atoms with Crippen LogP contribution in [0.25, 0.3) is 11.3 Å². The van der Waals surface area contributed by atoms with Crippen molar-refractivity contribution in [1.82, 2.24) is 14.9 Å². The second kappa shape index (κ2) is 12.0. The average molecular weight is 576 g/mol. The smallest absolute Gasteiger partial charge is 0.256 e. The highest BCUT2D eigenvalue weighted by molar-refractivity contribution is 6.00. The number of benzene rings is 2. The Morgan fingerprint density at radius 2 is 1.71 bits per heavy atom. The third-order valence-corrected chi connectivity index (χ3v) is 7.15. The van der Waals surface area contributed by atoms with Crippen LogP contribution >= 0.6 is 0 Å². The summed E-state index contributed by atoms with van der Waals surface area (Å²) in [6.45, 7) is 2.07. The molecular weight excluding hydrogens is 547 g/mol. The molecule has 0 atom stereocenters. The maximum absolute atomic E-state index is 14.9. The lowest BCUT2D eigenvalue weighted by molar-refractivity contribution is 0.0764. The molecule has 0 saturated heterocycles. The second-order valence-electron chi connectivity index (χ2n) is 9.93. The third-order valence-electron chi connectivity index (χ3n) is 7.15. The van der Waals surface area contributed by atoms with E-state index in [9.17, 15) is 22.8 Å². The molecule has 0 radical (unpaired) electrons. The Morgan fingerprint density at radius 1 is 0.952 bits per heavy atom. The predicted octanol–water partition coefficient (Wildman–Crippen LogP) is 6.31. The van der Waals surface area contributed by atoms with Crippen molar-refractivity contribution in [1.29, 1.82) is 0 Å². The van der Waals surface area contributed by atoms with E-state index >= 15 is 0 Å². The molecule has 0 spiro atoms. The fourth-order valence-electron chi connectivity index (χ4n) is 5.10. The number of hydrogen-bond acceptors (Lipinski definition) is 6. The summed E-state index contributed by atoms with van der Waals surface area (Å²) in [5.74, 6) is -1.91. The average Bonchev–Trinajstić information content (AvgIpc) is 3.28. The number of rotatable bonds is 10. The van der Waals surface area contributed by atoms with E-state index in [1.54, 1.807) is 23.1 Å². The molecule has 2 aromatic carbocycles. The molecule has 0 unspecified atom stereocenters. The predicted molar refractivity (Wildman–Crippen MR) is 149 cm³/mol. The second-order valence-corrected chi connectivity index (χ2v) is 9.93. The van der Waals surface area contributed by atoms with E-state index in [2.05, 4.69) is 9.97 Å². The van der Waals surface area contributed by atoms with Crippen molar-refractivity contribution in [2.24, 2.45) is 0 Å². The van der Waals surface area contributed by atoms with Gasteiger partial charge in [-0.25, -0.2) is 18.2 Å². The van der Waals surface area contributed by atoms with E-state index < -0.39 is 17.5 Å². The summed E-state index contributed by atoms with van der Waals surface area (Å²) < 4.78 is 55.2. The third kappa shape index (κ3) is 5.57. The van der Waals surface area contributed by atoms with Crippen molar-refractivity contribution in [3.8, 4) is 22.8 Å². The van der Waals surface area contributed by atoms with E-state index in [-0.39, 0.29) is 65.7 Å². The van der Waals surface area contributed by atoms with Crippen molar-refractivity contribution in [3.63, 3.8) is 0 Å². The molecule has 1 aliphatic rings. The zero-order chi connectivity index (χ0) is 30.0. The summed E-state index contributed by atoms with van der Waals surface area (Å²) in [5.41, 5.74) is 1.51.